The molecule has 17 heavy (non-hydrogen) atoms. The fourth-order valence-corrected chi connectivity index (χ4v) is 1.14. The molecule has 1 aliphatic heterocycles. The van der Waals surface area contributed by atoms with Crippen molar-refractivity contribution in [3.05, 3.63) is 0 Å². The maximum Gasteiger partial charge on any atom is 0.320 e. The Bertz CT molecular complexity index is 267. The van der Waals surface area contributed by atoms with E-state index in [0.29, 0.717) is 25.8 Å². The van der Waals surface area contributed by atoms with Crippen molar-refractivity contribution in [1.29, 1.82) is 0 Å². The number of amides is 2. The predicted molar refractivity (Wildman–Crippen MR) is 60.9 cm³/mol. The molecule has 0 bridgehead atoms. The van der Waals surface area contributed by atoms with Gasteiger partial charge in [-0.2, -0.15) is 0 Å². The van der Waals surface area contributed by atoms with E-state index in [1.54, 1.807) is 0 Å². The van der Waals surface area contributed by atoms with Gasteiger partial charge in [-0.25, -0.2) is 0 Å². The van der Waals surface area contributed by atoms with E-state index in [0.717, 1.165) is 12.8 Å². The van der Waals surface area contributed by atoms with E-state index in [9.17, 15) is 14.4 Å². The highest BCUT2D eigenvalue weighted by Gasteiger charge is 2.15. The van der Waals surface area contributed by atoms with Crippen LogP contribution in [0.15, 0.2) is 0 Å². The van der Waals surface area contributed by atoms with Gasteiger partial charge in [-0.1, -0.05) is 6.42 Å². The molecule has 7 nitrogen and oxygen atoms in total. The number of nitrogens with one attached hydrogen (secondary N) is 1. The number of nitrogens with two attached hydrogens (primary N) is 2. The van der Waals surface area contributed by atoms with Crippen LogP contribution in [-0.2, 0) is 14.4 Å². The summed E-state index contributed by atoms with van der Waals surface area (Å²) in [5, 5.41) is 10.5. The van der Waals surface area contributed by atoms with E-state index >= 15 is 0 Å². The molecule has 98 valence electrons. The fraction of sp³-hybridized carbons (Fsp3) is 0.700. The van der Waals surface area contributed by atoms with Crippen molar-refractivity contribution in [3.63, 3.8) is 0 Å². The van der Waals surface area contributed by atoms with Gasteiger partial charge in [-0.05, 0) is 19.4 Å². The monoisotopic (exact) mass is 245 g/mol. The first-order chi connectivity index (χ1) is 7.97. The summed E-state index contributed by atoms with van der Waals surface area (Å²) < 4.78 is 0. The number of hydrogen-bond donors (Lipinski definition) is 4. The number of carbonyl (C=O) groups is 3. The van der Waals surface area contributed by atoms with Gasteiger partial charge in [0.25, 0.3) is 0 Å². The highest BCUT2D eigenvalue weighted by atomic mass is 16.4. The third kappa shape index (κ3) is 8.35. The minimum atomic E-state index is -0.933. The zero-order chi connectivity index (χ0) is 13.3. The molecule has 6 N–H and O–H groups in total. The summed E-state index contributed by atoms with van der Waals surface area (Å²) in [6, 6.07) is -0.716. The number of rotatable bonds is 5. The van der Waals surface area contributed by atoms with E-state index in [1.165, 1.54) is 0 Å². The van der Waals surface area contributed by atoms with Gasteiger partial charge >= 0.3 is 5.97 Å². The Labute approximate surface area is 99.5 Å². The summed E-state index contributed by atoms with van der Waals surface area (Å²) in [6.45, 7) is 0.604. The van der Waals surface area contributed by atoms with Crippen LogP contribution in [0.2, 0.25) is 0 Å². The summed E-state index contributed by atoms with van der Waals surface area (Å²) in [5.41, 5.74) is 10.4. The minimum Gasteiger partial charge on any atom is -0.480 e. The largest absolute Gasteiger partial charge is 0.480 e. The Hall–Kier alpha value is -1.47. The smallest absolute Gasteiger partial charge is 0.320 e. The lowest BCUT2D eigenvalue weighted by Crippen LogP contribution is -2.29. The Morgan fingerprint density at radius 3 is 2.12 bits per heavy atom. The lowest BCUT2D eigenvalue weighted by molar-refractivity contribution is -0.138. The molecule has 0 spiro atoms. The molecule has 0 radical (unpaired) electrons. The SMILES string of the molecule is NCCCC[C@H](N)C(=O)O.O=C1CCC(=O)N1. The first kappa shape index (κ1) is 15.5. The highest BCUT2D eigenvalue weighted by Crippen LogP contribution is 1.97. The van der Waals surface area contributed by atoms with E-state index in [4.69, 9.17) is 16.6 Å². The maximum absolute atomic E-state index is 10.1. The Morgan fingerprint density at radius 1 is 1.29 bits per heavy atom. The molecular weight excluding hydrogens is 226 g/mol. The van der Waals surface area contributed by atoms with Crippen LogP contribution in [0.1, 0.15) is 32.1 Å². The Morgan fingerprint density at radius 2 is 1.82 bits per heavy atom. The van der Waals surface area contributed by atoms with Gasteiger partial charge in [-0.15, -0.1) is 0 Å². The molecule has 1 aliphatic rings. The van der Waals surface area contributed by atoms with Crippen LogP contribution in [-0.4, -0.2) is 35.5 Å². The van der Waals surface area contributed by atoms with Crippen molar-refractivity contribution in [1.82, 2.24) is 5.32 Å². The van der Waals surface area contributed by atoms with Crippen LogP contribution < -0.4 is 16.8 Å². The van der Waals surface area contributed by atoms with Crippen LogP contribution in [0.25, 0.3) is 0 Å². The molecule has 1 heterocycles. The average Bonchev–Trinajstić information content (AvgIpc) is 2.63. The molecule has 1 rings (SSSR count). The zero-order valence-electron chi connectivity index (χ0n) is 9.65. The van der Waals surface area contributed by atoms with Gasteiger partial charge in [0, 0.05) is 12.8 Å². The van der Waals surface area contributed by atoms with Crippen LogP contribution >= 0.6 is 0 Å². The number of unbranched alkanes of at least 4 members (excludes halogenated alkanes) is 1. The third-order valence-electron chi connectivity index (χ3n) is 2.14. The minimum absolute atomic E-state index is 0.148. The zero-order valence-corrected chi connectivity index (χ0v) is 9.65. The molecule has 0 aromatic rings. The molecule has 1 fully saturated rings. The molecule has 1 saturated heterocycles. The lowest BCUT2D eigenvalue weighted by atomic mass is 10.1. The molecular formula is C10H19N3O4. The second-order valence-corrected chi connectivity index (χ2v) is 3.70. The number of carboxylic acids is 1. The van der Waals surface area contributed by atoms with Crippen LogP contribution in [0.5, 0.6) is 0 Å². The predicted octanol–water partition coefficient (Wildman–Crippen LogP) is -1.05. The molecule has 0 saturated carbocycles. The molecule has 1 atom stereocenters. The van der Waals surface area contributed by atoms with Gasteiger partial charge in [-0.3, -0.25) is 19.7 Å². The summed E-state index contributed by atoms with van der Waals surface area (Å²) in [7, 11) is 0. The molecule has 0 aliphatic carbocycles. The van der Waals surface area contributed by atoms with Gasteiger partial charge in [0.2, 0.25) is 11.8 Å². The van der Waals surface area contributed by atoms with Crippen molar-refractivity contribution < 1.29 is 19.5 Å². The Kier molecular flexibility index (Phi) is 7.91. The van der Waals surface area contributed by atoms with E-state index in [2.05, 4.69) is 5.32 Å². The normalized spacial score (nSPS) is 15.9. The van der Waals surface area contributed by atoms with Crippen LogP contribution in [0, 0.1) is 0 Å². The van der Waals surface area contributed by atoms with E-state index in [1.807, 2.05) is 0 Å². The first-order valence-corrected chi connectivity index (χ1v) is 5.48. The maximum atomic E-state index is 10.1. The summed E-state index contributed by atoms with van der Waals surface area (Å²) >= 11 is 0. The highest BCUT2D eigenvalue weighted by molar-refractivity contribution is 6.01. The summed E-state index contributed by atoms with van der Waals surface area (Å²) in [4.78, 5) is 30.4. The second-order valence-electron chi connectivity index (χ2n) is 3.70. The Balaban J connectivity index is 0.000000318. The van der Waals surface area contributed by atoms with Crippen molar-refractivity contribution >= 4 is 17.8 Å². The van der Waals surface area contributed by atoms with Gasteiger partial charge in [0.05, 0.1) is 0 Å². The molecule has 0 unspecified atom stereocenters. The molecule has 0 aromatic carbocycles. The fourth-order valence-electron chi connectivity index (χ4n) is 1.14. The average molecular weight is 245 g/mol. The number of carbonyl (C=O) groups excluding carboxylic acids is 2. The molecule has 0 aromatic heterocycles. The molecule has 7 heteroatoms. The van der Waals surface area contributed by atoms with Crippen molar-refractivity contribution in [3.8, 4) is 0 Å². The summed E-state index contributed by atoms with van der Waals surface area (Å²) in [6.07, 6.45) is 2.91. The van der Waals surface area contributed by atoms with Gasteiger partial charge in [0.15, 0.2) is 0 Å². The number of aliphatic carboxylic acids is 1. The second kappa shape index (κ2) is 8.66. The standard InChI is InChI=1S/C6H14N2O2.C4H5NO2/c7-4-2-1-3-5(8)6(9)10;6-3-1-2-4(7)5-3/h5H,1-4,7-8H2,(H,9,10);1-2H2,(H,5,6,7)/t5-;/m0./s1. The van der Waals surface area contributed by atoms with Crippen LogP contribution in [0.4, 0.5) is 0 Å². The van der Waals surface area contributed by atoms with Crippen LogP contribution in [0.3, 0.4) is 0 Å². The number of carboxylic acid groups (broad SMARTS) is 1. The number of imide groups is 1. The molecule has 2 amide bonds. The summed E-state index contributed by atoms with van der Waals surface area (Å²) in [5.74, 6) is -1.23. The number of hydrogen-bond acceptors (Lipinski definition) is 5. The van der Waals surface area contributed by atoms with E-state index < -0.39 is 12.0 Å². The van der Waals surface area contributed by atoms with Gasteiger partial charge < -0.3 is 16.6 Å². The van der Waals surface area contributed by atoms with Gasteiger partial charge in [0.1, 0.15) is 6.04 Å². The lowest BCUT2D eigenvalue weighted by Gasteiger charge is -2.03. The van der Waals surface area contributed by atoms with E-state index in [-0.39, 0.29) is 11.8 Å². The quantitative estimate of drug-likeness (QED) is 0.360. The van der Waals surface area contributed by atoms with Crippen molar-refractivity contribution in [2.45, 2.75) is 38.1 Å². The topological polar surface area (TPSA) is 136 Å². The van der Waals surface area contributed by atoms with Crippen molar-refractivity contribution in [2.75, 3.05) is 6.54 Å². The first-order valence-electron chi connectivity index (χ1n) is 5.48. The third-order valence-corrected chi connectivity index (χ3v) is 2.14. The van der Waals surface area contributed by atoms with Crippen molar-refractivity contribution in [2.24, 2.45) is 11.5 Å².